The van der Waals surface area contributed by atoms with E-state index in [0.717, 1.165) is 47.5 Å². The minimum Gasteiger partial charge on any atom is -0.481 e. The number of aryl methyl sites for hydroxylation is 1. The number of nitriles is 1. The molecule has 1 aromatic carbocycles. The van der Waals surface area contributed by atoms with Crippen molar-refractivity contribution in [2.75, 3.05) is 5.32 Å². The van der Waals surface area contributed by atoms with Gasteiger partial charge in [0.25, 0.3) is 10.0 Å². The van der Waals surface area contributed by atoms with E-state index in [9.17, 15) is 28.0 Å². The first-order valence-electron chi connectivity index (χ1n) is 14.7. The van der Waals surface area contributed by atoms with E-state index in [0.29, 0.717) is 12.8 Å². The van der Waals surface area contributed by atoms with Gasteiger partial charge in [0, 0.05) is 28.8 Å². The molecular weight excluding hydrogens is 588 g/mol. The van der Waals surface area contributed by atoms with Crippen molar-refractivity contribution < 1.29 is 27.1 Å². The fourth-order valence-electron chi connectivity index (χ4n) is 7.16. The lowest BCUT2D eigenvalue weighted by Crippen LogP contribution is -2.51. The molecule has 2 unspecified atom stereocenters. The van der Waals surface area contributed by atoms with Crippen molar-refractivity contribution in [1.29, 1.82) is 5.26 Å². The van der Waals surface area contributed by atoms with Crippen LogP contribution in [-0.4, -0.2) is 39.5 Å². The van der Waals surface area contributed by atoms with Crippen LogP contribution in [0, 0.1) is 47.6 Å². The first-order valence-corrected chi connectivity index (χ1v) is 16.1. The third kappa shape index (κ3) is 4.53. The third-order valence-corrected chi connectivity index (χ3v) is 11.2. The summed E-state index contributed by atoms with van der Waals surface area (Å²) >= 11 is 0. The van der Waals surface area contributed by atoms with Crippen molar-refractivity contribution in [1.82, 2.24) is 13.9 Å². The molecule has 12 heteroatoms. The van der Waals surface area contributed by atoms with Crippen LogP contribution in [0.1, 0.15) is 61.1 Å². The van der Waals surface area contributed by atoms with Gasteiger partial charge in [0.1, 0.15) is 11.9 Å². The second kappa shape index (κ2) is 10.4. The number of hydrogen-bond acceptors (Lipinski definition) is 7. The molecule has 2 bridgehead atoms. The van der Waals surface area contributed by atoms with E-state index in [1.165, 1.54) is 18.3 Å². The number of pyridine rings is 2. The molecule has 9 nitrogen and oxygen atoms in total. The van der Waals surface area contributed by atoms with Gasteiger partial charge in [-0.3, -0.25) is 4.79 Å². The molecule has 4 fully saturated rings. The number of fused-ring (bicyclic) bond motifs is 4. The number of carbonyl (C=O) groups is 1. The average molecular weight is 618 g/mol. The van der Waals surface area contributed by atoms with Crippen LogP contribution in [0.15, 0.2) is 47.6 Å². The molecule has 226 valence electrons. The maximum absolute atomic E-state index is 16.3. The van der Waals surface area contributed by atoms with Gasteiger partial charge in [-0.15, -0.1) is 0 Å². The maximum atomic E-state index is 16.3. The van der Waals surface area contributed by atoms with Crippen LogP contribution in [0.3, 0.4) is 0 Å². The lowest BCUT2D eigenvalue weighted by Gasteiger charge is -2.47. The Morgan fingerprint density at radius 1 is 1.09 bits per heavy atom. The van der Waals surface area contributed by atoms with Gasteiger partial charge in [-0.2, -0.15) is 5.26 Å². The summed E-state index contributed by atoms with van der Waals surface area (Å²) in [6, 6.07) is 8.87. The lowest BCUT2D eigenvalue weighted by molar-refractivity contribution is -0.148. The Morgan fingerprint density at radius 2 is 1.77 bits per heavy atom. The molecule has 3 heterocycles. The molecule has 0 spiro atoms. The summed E-state index contributed by atoms with van der Waals surface area (Å²) in [6.45, 7) is 1.83. The minimum atomic E-state index is -4.21. The highest BCUT2D eigenvalue weighted by atomic mass is 32.2. The van der Waals surface area contributed by atoms with E-state index < -0.39 is 39.6 Å². The number of carboxylic acids is 1. The summed E-state index contributed by atoms with van der Waals surface area (Å²) in [4.78, 5) is 20.9. The van der Waals surface area contributed by atoms with Gasteiger partial charge in [0.15, 0.2) is 17.3 Å². The zero-order valence-corrected chi connectivity index (χ0v) is 24.6. The van der Waals surface area contributed by atoms with Gasteiger partial charge in [0.05, 0.1) is 28.3 Å². The molecule has 3 aromatic heterocycles. The second-order valence-electron chi connectivity index (χ2n) is 12.2. The van der Waals surface area contributed by atoms with Gasteiger partial charge < -0.3 is 10.4 Å². The van der Waals surface area contributed by atoms with E-state index in [1.807, 2.05) is 6.92 Å². The quantitative estimate of drug-likeness (QED) is 0.259. The normalized spacial score (nSPS) is 23.0. The number of halogens is 2. The predicted octanol–water partition coefficient (Wildman–Crippen LogP) is 5.97. The minimum absolute atomic E-state index is 0.0126. The number of anilines is 1. The number of hydrogen-bond donors (Lipinski definition) is 2. The van der Waals surface area contributed by atoms with Gasteiger partial charge in [-0.25, -0.2) is 31.1 Å². The van der Waals surface area contributed by atoms with Crippen LogP contribution in [0.5, 0.6) is 0 Å². The molecule has 4 aliphatic carbocycles. The number of benzene rings is 1. The van der Waals surface area contributed by atoms with Crippen LogP contribution in [0.4, 0.5) is 14.6 Å². The number of aromatic nitrogens is 3. The smallest absolute Gasteiger partial charge is 0.308 e. The maximum Gasteiger partial charge on any atom is 0.308 e. The van der Waals surface area contributed by atoms with E-state index >= 15 is 4.39 Å². The van der Waals surface area contributed by atoms with E-state index in [1.54, 1.807) is 12.1 Å². The Morgan fingerprint density at radius 3 is 2.41 bits per heavy atom. The number of nitrogens with zero attached hydrogens (tertiary/aromatic N) is 4. The van der Waals surface area contributed by atoms with Crippen LogP contribution in [-0.2, 0) is 14.8 Å². The number of rotatable bonds is 7. The van der Waals surface area contributed by atoms with E-state index in [-0.39, 0.29) is 61.9 Å². The number of carboxylic acid groups (broad SMARTS) is 1. The van der Waals surface area contributed by atoms with Gasteiger partial charge in [-0.05, 0) is 81.4 Å². The van der Waals surface area contributed by atoms with Crippen LogP contribution < -0.4 is 5.32 Å². The van der Waals surface area contributed by atoms with E-state index in [4.69, 9.17) is 0 Å². The average Bonchev–Trinajstić information content (AvgIpc) is 3.78. The second-order valence-corrected chi connectivity index (χ2v) is 14.0. The summed E-state index contributed by atoms with van der Waals surface area (Å²) in [5.74, 6) is -3.54. The summed E-state index contributed by atoms with van der Waals surface area (Å²) < 4.78 is 59.4. The molecule has 8 rings (SSSR count). The standard InChI is InChI=1S/C32H29F2N5O4S/c1-16-2-10-21(11-3-16)44(42,43)39-15-24(22-12-20(33)14-36-31(22)39)29-23(13-35)25(17-4-5-17)27(34)30(38-29)37-28-19-8-6-18(7-9-19)26(28)32(40)41/h2-3,10-12,14-15,17-19,26,28H,4-9H2,1H3,(H,37,38)(H,40,41). The zero-order valence-electron chi connectivity index (χ0n) is 23.8. The third-order valence-electron chi connectivity index (χ3n) is 9.49. The molecule has 44 heavy (non-hydrogen) atoms. The summed E-state index contributed by atoms with van der Waals surface area (Å²) in [7, 11) is -4.21. The molecule has 0 saturated heterocycles. The van der Waals surface area contributed by atoms with Crippen molar-refractivity contribution in [3.63, 3.8) is 0 Å². The van der Waals surface area contributed by atoms with Crippen molar-refractivity contribution >= 4 is 32.8 Å². The molecule has 0 radical (unpaired) electrons. The first-order chi connectivity index (χ1) is 21.1. The highest BCUT2D eigenvalue weighted by Crippen LogP contribution is 2.49. The Bertz CT molecular complexity index is 1970. The topological polar surface area (TPSA) is 138 Å². The first kappa shape index (κ1) is 28.4. The SMILES string of the molecule is Cc1ccc(S(=O)(=O)n2cc(-c3nc(NC4C5CCC(CC5)C4C(=O)O)c(F)c(C4CC4)c3C#N)c3cc(F)cnc32)cc1. The van der Waals surface area contributed by atoms with Crippen LogP contribution >= 0.6 is 0 Å². The molecule has 0 amide bonds. The van der Waals surface area contributed by atoms with Gasteiger partial charge in [0.2, 0.25) is 0 Å². The highest BCUT2D eigenvalue weighted by molar-refractivity contribution is 7.90. The lowest BCUT2D eigenvalue weighted by atomic mass is 9.61. The highest BCUT2D eigenvalue weighted by Gasteiger charge is 2.48. The zero-order chi connectivity index (χ0) is 30.9. The van der Waals surface area contributed by atoms with E-state index in [2.05, 4.69) is 21.4 Å². The molecule has 2 N–H and O–H groups in total. The number of aliphatic carboxylic acids is 1. The molecule has 4 aromatic rings. The van der Waals surface area contributed by atoms with Crippen molar-refractivity contribution in [2.45, 2.75) is 62.3 Å². The van der Waals surface area contributed by atoms with Crippen molar-refractivity contribution in [2.24, 2.45) is 17.8 Å². The van der Waals surface area contributed by atoms with Crippen molar-refractivity contribution in [3.05, 3.63) is 71.1 Å². The summed E-state index contributed by atoms with van der Waals surface area (Å²) in [6.07, 6.45) is 6.70. The van der Waals surface area contributed by atoms with Crippen molar-refractivity contribution in [3.8, 4) is 17.3 Å². The van der Waals surface area contributed by atoms with Gasteiger partial charge in [-0.1, -0.05) is 17.7 Å². The fraction of sp³-hybridized carbons (Fsp3) is 0.375. The Balaban J connectivity index is 1.43. The summed E-state index contributed by atoms with van der Waals surface area (Å²) in [5, 5.41) is 23.6. The monoisotopic (exact) mass is 617 g/mol. The van der Waals surface area contributed by atoms with Crippen LogP contribution in [0.2, 0.25) is 0 Å². The summed E-state index contributed by atoms with van der Waals surface area (Å²) in [5.41, 5.74) is 0.965. The molecule has 2 atom stereocenters. The predicted molar refractivity (Wildman–Crippen MR) is 157 cm³/mol. The Kier molecular flexibility index (Phi) is 6.69. The molecule has 4 aliphatic rings. The Labute approximate surface area is 252 Å². The molecular formula is C32H29F2N5O4S. The van der Waals surface area contributed by atoms with Gasteiger partial charge >= 0.3 is 5.97 Å². The largest absolute Gasteiger partial charge is 0.481 e. The Hall–Kier alpha value is -4.37. The van der Waals surface area contributed by atoms with Crippen LogP contribution in [0.25, 0.3) is 22.3 Å². The number of nitrogens with one attached hydrogen (secondary N) is 1. The molecule has 0 aliphatic heterocycles. The molecule has 4 saturated carbocycles. The fourth-order valence-corrected chi connectivity index (χ4v) is 8.49.